The Morgan fingerprint density at radius 2 is 2.00 bits per heavy atom. The molecule has 3 nitrogen and oxygen atoms in total. The number of hydrogen-bond acceptors (Lipinski definition) is 2. The fourth-order valence-corrected chi connectivity index (χ4v) is 1.84. The molecule has 72 valence electrons. The zero-order valence-corrected chi connectivity index (χ0v) is 7.92. The first-order valence-electron chi connectivity index (χ1n) is 4.71. The summed E-state index contributed by atoms with van der Waals surface area (Å²) < 4.78 is 0.877. The van der Waals surface area contributed by atoms with Crippen LogP contribution in [0.1, 0.15) is 0 Å². The number of pyridine rings is 2. The Kier molecular flexibility index (Phi) is 1.59. The fraction of sp³-hybridized carbons (Fsp3) is 0. The van der Waals surface area contributed by atoms with Crippen molar-refractivity contribution >= 4 is 21.7 Å². The molecular formula is C12H8N2O. The maximum absolute atomic E-state index is 11.5. The Labute approximate surface area is 86.2 Å². The smallest absolute Gasteiger partial charge is 0.224 e. The Balaban J connectivity index is 2.60. The average molecular weight is 196 g/mol. The van der Waals surface area contributed by atoms with E-state index >= 15 is 0 Å². The molecule has 2 aromatic heterocycles. The van der Waals surface area contributed by atoms with Crippen LogP contribution in [-0.2, 0) is 0 Å². The molecular weight excluding hydrogens is 188 g/mol. The van der Waals surface area contributed by atoms with Gasteiger partial charge in [0.05, 0.1) is 5.39 Å². The molecule has 0 radical (unpaired) electrons. The molecule has 0 saturated carbocycles. The first-order chi connectivity index (χ1) is 7.36. The van der Waals surface area contributed by atoms with Crippen LogP contribution >= 0.6 is 0 Å². The molecule has 15 heavy (non-hydrogen) atoms. The summed E-state index contributed by atoms with van der Waals surface area (Å²) in [5.74, 6) is 0. The largest absolute Gasteiger partial charge is 0.618 e. The zero-order valence-electron chi connectivity index (χ0n) is 7.92. The van der Waals surface area contributed by atoms with Gasteiger partial charge in [0.15, 0.2) is 6.20 Å². The van der Waals surface area contributed by atoms with E-state index in [4.69, 9.17) is 0 Å². The lowest BCUT2D eigenvalue weighted by Gasteiger charge is -2.03. The van der Waals surface area contributed by atoms with E-state index in [0.29, 0.717) is 5.52 Å². The van der Waals surface area contributed by atoms with Crippen LogP contribution in [0.5, 0.6) is 0 Å². The van der Waals surface area contributed by atoms with Crippen molar-refractivity contribution in [3.63, 3.8) is 0 Å². The van der Waals surface area contributed by atoms with Crippen molar-refractivity contribution < 1.29 is 4.73 Å². The van der Waals surface area contributed by atoms with Gasteiger partial charge in [-0.1, -0.05) is 0 Å². The predicted octanol–water partition coefficient (Wildman–Crippen LogP) is 2.02. The first-order valence-corrected chi connectivity index (χ1v) is 4.71. The maximum atomic E-state index is 11.5. The standard InChI is InChI=1S/C12H8N2O/c15-14-7-1-2-10-11-8-13-6-5-9(11)3-4-12(10)14/h1-8H. The van der Waals surface area contributed by atoms with Gasteiger partial charge >= 0.3 is 0 Å². The minimum absolute atomic E-state index is 0.679. The highest BCUT2D eigenvalue weighted by Crippen LogP contribution is 2.21. The first kappa shape index (κ1) is 8.17. The number of rotatable bonds is 0. The second-order valence-electron chi connectivity index (χ2n) is 3.43. The Bertz CT molecular complexity index is 649. The molecule has 0 bridgehead atoms. The van der Waals surface area contributed by atoms with Gasteiger partial charge in [0.1, 0.15) is 0 Å². The number of nitrogens with zero attached hydrogens (tertiary/aromatic N) is 2. The zero-order chi connectivity index (χ0) is 10.3. The minimum Gasteiger partial charge on any atom is -0.618 e. The van der Waals surface area contributed by atoms with Crippen LogP contribution in [0.2, 0.25) is 0 Å². The van der Waals surface area contributed by atoms with Crippen LogP contribution in [0.3, 0.4) is 0 Å². The van der Waals surface area contributed by atoms with Crippen LogP contribution in [-0.4, -0.2) is 4.98 Å². The molecule has 0 amide bonds. The lowest BCUT2D eigenvalue weighted by atomic mass is 10.1. The Morgan fingerprint density at radius 1 is 1.07 bits per heavy atom. The van der Waals surface area contributed by atoms with E-state index in [1.807, 2.05) is 24.3 Å². The van der Waals surface area contributed by atoms with E-state index in [2.05, 4.69) is 4.98 Å². The van der Waals surface area contributed by atoms with Crippen molar-refractivity contribution in [2.24, 2.45) is 0 Å². The van der Waals surface area contributed by atoms with Gasteiger partial charge in [0, 0.05) is 29.9 Å². The predicted molar refractivity (Wildman–Crippen MR) is 58.2 cm³/mol. The molecule has 0 aliphatic heterocycles. The van der Waals surface area contributed by atoms with Gasteiger partial charge < -0.3 is 5.21 Å². The summed E-state index contributed by atoms with van der Waals surface area (Å²) in [5.41, 5.74) is 0.679. The summed E-state index contributed by atoms with van der Waals surface area (Å²) in [4.78, 5) is 4.08. The van der Waals surface area contributed by atoms with Crippen molar-refractivity contribution in [3.8, 4) is 0 Å². The monoisotopic (exact) mass is 196 g/mol. The maximum Gasteiger partial charge on any atom is 0.224 e. The Morgan fingerprint density at radius 3 is 2.93 bits per heavy atom. The third-order valence-corrected chi connectivity index (χ3v) is 2.56. The number of fused-ring (bicyclic) bond motifs is 3. The molecule has 0 spiro atoms. The van der Waals surface area contributed by atoms with E-state index in [0.717, 1.165) is 20.9 Å². The summed E-state index contributed by atoms with van der Waals surface area (Å²) in [6.07, 6.45) is 5.05. The molecule has 3 aromatic rings. The molecule has 2 heterocycles. The second-order valence-corrected chi connectivity index (χ2v) is 3.43. The average Bonchev–Trinajstić information content (AvgIpc) is 2.29. The fourth-order valence-electron chi connectivity index (χ4n) is 1.84. The summed E-state index contributed by atoms with van der Waals surface area (Å²) in [6.45, 7) is 0. The van der Waals surface area contributed by atoms with Gasteiger partial charge in [0.2, 0.25) is 5.52 Å². The van der Waals surface area contributed by atoms with Gasteiger partial charge in [-0.15, -0.1) is 0 Å². The van der Waals surface area contributed by atoms with Gasteiger partial charge in [-0.3, -0.25) is 4.98 Å². The lowest BCUT2D eigenvalue weighted by molar-refractivity contribution is -0.576. The topological polar surface area (TPSA) is 39.8 Å². The van der Waals surface area contributed by atoms with E-state index < -0.39 is 0 Å². The SMILES string of the molecule is [O-][n+]1cccc2c3cnccc3ccc21. The third-order valence-electron chi connectivity index (χ3n) is 2.56. The van der Waals surface area contributed by atoms with E-state index in [9.17, 15) is 5.21 Å². The van der Waals surface area contributed by atoms with E-state index in [-0.39, 0.29) is 0 Å². The summed E-state index contributed by atoms with van der Waals surface area (Å²) in [7, 11) is 0. The van der Waals surface area contributed by atoms with Crippen molar-refractivity contribution in [3.05, 3.63) is 54.1 Å². The van der Waals surface area contributed by atoms with Gasteiger partial charge in [0.25, 0.3) is 0 Å². The lowest BCUT2D eigenvalue weighted by Crippen LogP contribution is -2.25. The van der Waals surface area contributed by atoms with Crippen LogP contribution in [0, 0.1) is 5.21 Å². The number of aromatic nitrogens is 2. The number of hydrogen-bond donors (Lipinski definition) is 0. The molecule has 0 aliphatic carbocycles. The summed E-state index contributed by atoms with van der Waals surface area (Å²) >= 11 is 0. The van der Waals surface area contributed by atoms with Crippen LogP contribution in [0.25, 0.3) is 21.7 Å². The second kappa shape index (κ2) is 2.92. The quantitative estimate of drug-likeness (QED) is 0.313. The van der Waals surface area contributed by atoms with Crippen molar-refractivity contribution in [2.75, 3.05) is 0 Å². The Hall–Kier alpha value is -2.16. The third kappa shape index (κ3) is 1.13. The molecule has 0 saturated heterocycles. The molecule has 1 aromatic carbocycles. The van der Waals surface area contributed by atoms with Crippen molar-refractivity contribution in [2.45, 2.75) is 0 Å². The van der Waals surface area contributed by atoms with Gasteiger partial charge in [-0.25, -0.2) is 0 Å². The van der Waals surface area contributed by atoms with Crippen LogP contribution < -0.4 is 4.73 Å². The highest BCUT2D eigenvalue weighted by molar-refractivity contribution is 6.04. The molecule has 3 rings (SSSR count). The summed E-state index contributed by atoms with van der Waals surface area (Å²) in [6, 6.07) is 9.41. The van der Waals surface area contributed by atoms with Gasteiger partial charge in [-0.05, 0) is 23.6 Å². The molecule has 0 unspecified atom stereocenters. The van der Waals surface area contributed by atoms with Crippen molar-refractivity contribution in [1.29, 1.82) is 0 Å². The highest BCUT2D eigenvalue weighted by Gasteiger charge is 2.05. The van der Waals surface area contributed by atoms with E-state index in [1.54, 1.807) is 18.5 Å². The van der Waals surface area contributed by atoms with Gasteiger partial charge in [-0.2, -0.15) is 4.73 Å². The normalized spacial score (nSPS) is 10.9. The molecule has 3 heteroatoms. The minimum atomic E-state index is 0.679. The molecule has 0 aliphatic rings. The van der Waals surface area contributed by atoms with Crippen LogP contribution in [0.4, 0.5) is 0 Å². The van der Waals surface area contributed by atoms with Crippen molar-refractivity contribution in [1.82, 2.24) is 4.98 Å². The highest BCUT2D eigenvalue weighted by atomic mass is 16.5. The summed E-state index contributed by atoms with van der Waals surface area (Å²) in [5, 5.41) is 14.6. The van der Waals surface area contributed by atoms with E-state index in [1.165, 1.54) is 6.20 Å². The molecule has 0 N–H and O–H groups in total. The van der Waals surface area contributed by atoms with Crippen LogP contribution in [0.15, 0.2) is 48.9 Å². The molecule has 0 atom stereocenters. The number of benzene rings is 1. The molecule has 0 fully saturated rings.